The first-order chi connectivity index (χ1) is 34.9. The SMILES string of the molecule is CO[C@@H]1CN(C[C@H](O)c2ccc3c(c2C)COC3=O)CC[C@@H]1NC(=O)c1ccc(-n2cnnn2)nc1.CO[C@H]1CN(C[C@H](O)c2ccc3c(c2C)COC3=O)CC[C@H]1NC(=O)c1ccc(-n2cnnn2)nc1. The number of benzene rings is 2. The molecule has 0 saturated carbocycles. The van der Waals surface area contributed by atoms with Gasteiger partial charge in [0.2, 0.25) is 0 Å². The van der Waals surface area contributed by atoms with E-state index in [9.17, 15) is 29.4 Å². The van der Waals surface area contributed by atoms with E-state index in [2.05, 4.69) is 61.5 Å². The second-order valence-corrected chi connectivity index (χ2v) is 17.9. The van der Waals surface area contributed by atoms with Gasteiger partial charge in [-0.2, -0.15) is 9.36 Å². The second-order valence-electron chi connectivity index (χ2n) is 17.9. The summed E-state index contributed by atoms with van der Waals surface area (Å²) in [6, 6.07) is 13.4. The van der Waals surface area contributed by atoms with Crippen molar-refractivity contribution < 1.29 is 48.3 Å². The number of likely N-dealkylation sites (tertiary alicyclic amines) is 2. The normalized spacial score (nSPS) is 20.6. The van der Waals surface area contributed by atoms with Gasteiger partial charge in [-0.25, -0.2) is 19.6 Å². The van der Waals surface area contributed by atoms with Crippen LogP contribution in [0.4, 0.5) is 0 Å². The number of piperidine rings is 2. The zero-order valence-electron chi connectivity index (χ0n) is 40.0. The van der Waals surface area contributed by atoms with Crippen LogP contribution in [0.1, 0.15) is 99.9 Å². The number of cyclic esters (lactones) is 2. The summed E-state index contributed by atoms with van der Waals surface area (Å²) in [5, 5.41) is 49.9. The summed E-state index contributed by atoms with van der Waals surface area (Å²) in [4.78, 5) is 62.0. The third-order valence-corrected chi connectivity index (χ3v) is 13.7. The minimum absolute atomic E-state index is 0.181. The molecule has 6 aromatic rings. The number of carbonyl (C=O) groups is 4. The zero-order valence-corrected chi connectivity index (χ0v) is 40.0. The van der Waals surface area contributed by atoms with Crippen molar-refractivity contribution in [3.8, 4) is 11.6 Å². The summed E-state index contributed by atoms with van der Waals surface area (Å²) in [6.45, 7) is 7.61. The number of methoxy groups -OCH3 is 2. The van der Waals surface area contributed by atoms with Gasteiger partial charge in [-0.15, -0.1) is 10.2 Å². The Morgan fingerprint density at radius 2 is 1.10 bits per heavy atom. The van der Waals surface area contributed by atoms with E-state index in [0.29, 0.717) is 86.0 Å². The molecule has 72 heavy (non-hydrogen) atoms. The van der Waals surface area contributed by atoms with E-state index in [-0.39, 0.29) is 61.3 Å². The van der Waals surface area contributed by atoms with E-state index in [1.54, 1.807) is 62.8 Å². The molecular weight excluding hydrogens is 933 g/mol. The number of aliphatic hydroxyl groups excluding tert-OH is 2. The summed E-state index contributed by atoms with van der Waals surface area (Å²) >= 11 is 0. The number of aliphatic hydroxyl groups is 2. The van der Waals surface area contributed by atoms with Gasteiger partial charge in [0.05, 0.1) is 58.8 Å². The molecular formula is C48H54N14O10. The Labute approximate surface area is 412 Å². The molecule has 4 aromatic heterocycles. The van der Waals surface area contributed by atoms with Gasteiger partial charge in [-0.3, -0.25) is 19.4 Å². The van der Waals surface area contributed by atoms with Gasteiger partial charge < -0.3 is 39.8 Å². The van der Waals surface area contributed by atoms with Crippen molar-refractivity contribution in [1.29, 1.82) is 0 Å². The molecule has 4 aliphatic rings. The molecule has 8 heterocycles. The Kier molecular flexibility index (Phi) is 15.0. The van der Waals surface area contributed by atoms with Gasteiger partial charge in [0.15, 0.2) is 11.6 Å². The van der Waals surface area contributed by atoms with Crippen molar-refractivity contribution >= 4 is 23.8 Å². The molecule has 376 valence electrons. The lowest BCUT2D eigenvalue weighted by Gasteiger charge is -2.39. The number of β-amino-alcohol motifs (C(OH)–C–C–N with tert-alkyl or cyclic N) is 2. The van der Waals surface area contributed by atoms with Crippen molar-refractivity contribution in [3.63, 3.8) is 0 Å². The monoisotopic (exact) mass is 986 g/mol. The fourth-order valence-electron chi connectivity index (χ4n) is 9.59. The highest BCUT2D eigenvalue weighted by atomic mass is 16.5. The predicted octanol–water partition coefficient (Wildman–Crippen LogP) is 1.18. The number of pyridine rings is 2. The van der Waals surface area contributed by atoms with Gasteiger partial charge in [-0.05, 0) is 106 Å². The third-order valence-electron chi connectivity index (χ3n) is 13.7. The summed E-state index contributed by atoms with van der Waals surface area (Å²) in [6.07, 6.45) is 5.23. The maximum atomic E-state index is 12.8. The molecule has 24 heteroatoms. The maximum absolute atomic E-state index is 12.8. The van der Waals surface area contributed by atoms with Crippen LogP contribution in [0.2, 0.25) is 0 Å². The van der Waals surface area contributed by atoms with Crippen molar-refractivity contribution in [2.24, 2.45) is 0 Å². The Morgan fingerprint density at radius 3 is 1.46 bits per heavy atom. The molecule has 24 nitrogen and oxygen atoms in total. The number of ether oxygens (including phenoxy) is 4. The number of hydrogen-bond acceptors (Lipinski definition) is 20. The highest BCUT2D eigenvalue weighted by molar-refractivity contribution is 5.95. The van der Waals surface area contributed by atoms with Gasteiger partial charge in [0.1, 0.15) is 25.9 Å². The van der Waals surface area contributed by atoms with Crippen LogP contribution in [0.5, 0.6) is 0 Å². The first-order valence-electron chi connectivity index (χ1n) is 23.3. The van der Waals surface area contributed by atoms with Crippen LogP contribution in [0.15, 0.2) is 73.6 Å². The number of rotatable bonds is 14. The average Bonchev–Trinajstić information content (AvgIpc) is 4.26. The Morgan fingerprint density at radius 1 is 0.667 bits per heavy atom. The van der Waals surface area contributed by atoms with Gasteiger partial charge in [0.25, 0.3) is 11.8 Å². The number of aromatic nitrogens is 10. The largest absolute Gasteiger partial charge is 0.457 e. The molecule has 4 N–H and O–H groups in total. The summed E-state index contributed by atoms with van der Waals surface area (Å²) in [7, 11) is 3.24. The molecule has 2 amide bonds. The van der Waals surface area contributed by atoms with Crippen molar-refractivity contribution in [1.82, 2.24) is 70.8 Å². The molecule has 2 saturated heterocycles. The lowest BCUT2D eigenvalue weighted by atomic mass is 9.94. The van der Waals surface area contributed by atoms with Gasteiger partial charge in [0, 0.05) is 77.0 Å². The molecule has 0 spiro atoms. The molecule has 0 unspecified atom stereocenters. The molecule has 0 radical (unpaired) electrons. The number of amides is 2. The Bertz CT molecular complexity index is 2690. The van der Waals surface area contributed by atoms with Crippen molar-refractivity contribution in [2.75, 3.05) is 53.5 Å². The summed E-state index contributed by atoms with van der Waals surface area (Å²) in [5.74, 6) is -0.0960. The maximum Gasteiger partial charge on any atom is 0.338 e. The molecule has 2 fully saturated rings. The molecule has 4 aliphatic heterocycles. The third kappa shape index (κ3) is 10.7. The highest BCUT2D eigenvalue weighted by Crippen LogP contribution is 2.32. The lowest BCUT2D eigenvalue weighted by molar-refractivity contribution is -0.00757. The van der Waals surface area contributed by atoms with E-state index in [0.717, 1.165) is 33.4 Å². The van der Waals surface area contributed by atoms with E-state index >= 15 is 0 Å². The van der Waals surface area contributed by atoms with E-state index < -0.39 is 12.2 Å². The van der Waals surface area contributed by atoms with Crippen LogP contribution in [0.25, 0.3) is 11.6 Å². The number of carbonyl (C=O) groups excluding carboxylic acids is 4. The van der Waals surface area contributed by atoms with Crippen LogP contribution in [0, 0.1) is 13.8 Å². The molecule has 0 bridgehead atoms. The van der Waals surface area contributed by atoms with E-state index in [4.69, 9.17) is 18.9 Å². The number of fused-ring (bicyclic) bond motifs is 2. The second kappa shape index (κ2) is 21.9. The minimum Gasteiger partial charge on any atom is -0.457 e. The Balaban J connectivity index is 0.000000178. The standard InChI is InChI=1S/2C24H27N7O5/c2*1-14-16(4-5-17-18(14)12-36-24(17)34)20(32)10-30-8-7-19(21(11-30)35-2)27-23(33)15-3-6-22(25-9-15)31-13-26-28-29-31/h2*3-6,9,13,19-21,32H,7-8,10-12H2,1-2H3,(H,27,33)/t19-,20+,21+;19-,20-,21+/m10/s1. The molecule has 0 aliphatic carbocycles. The first-order valence-corrected chi connectivity index (χ1v) is 23.3. The predicted molar refractivity (Wildman–Crippen MR) is 251 cm³/mol. The van der Waals surface area contributed by atoms with Crippen LogP contribution < -0.4 is 10.6 Å². The van der Waals surface area contributed by atoms with E-state index in [1.807, 2.05) is 13.8 Å². The highest BCUT2D eigenvalue weighted by Gasteiger charge is 2.35. The number of nitrogens with one attached hydrogen (secondary N) is 2. The number of esters is 2. The number of hydrogen-bond donors (Lipinski definition) is 4. The molecule has 10 rings (SSSR count). The van der Waals surface area contributed by atoms with E-state index in [1.165, 1.54) is 34.4 Å². The Hall–Kier alpha value is -7.48. The number of tetrazole rings is 2. The minimum atomic E-state index is -0.723. The average molecular weight is 987 g/mol. The quantitative estimate of drug-likeness (QED) is 0.111. The topological polar surface area (TPSA) is 289 Å². The lowest BCUT2D eigenvalue weighted by Crippen LogP contribution is -2.55. The summed E-state index contributed by atoms with van der Waals surface area (Å²) in [5.41, 5.74) is 7.01. The molecule has 6 atom stereocenters. The number of nitrogens with zero attached hydrogens (tertiary/aromatic N) is 12. The molecule has 2 aromatic carbocycles. The van der Waals surface area contributed by atoms with Crippen molar-refractivity contribution in [3.05, 3.63) is 129 Å². The zero-order chi connectivity index (χ0) is 50.5. The van der Waals surface area contributed by atoms with Crippen LogP contribution in [0.3, 0.4) is 0 Å². The fourth-order valence-corrected chi connectivity index (χ4v) is 9.59. The smallest absolute Gasteiger partial charge is 0.338 e. The van der Waals surface area contributed by atoms with Crippen molar-refractivity contribution in [2.45, 2.75) is 76.4 Å². The summed E-state index contributed by atoms with van der Waals surface area (Å²) < 4.78 is 24.4. The van der Waals surface area contributed by atoms with Crippen LogP contribution in [-0.4, -0.2) is 172 Å². The fraction of sp³-hybridized carbons (Fsp3) is 0.417. The van der Waals surface area contributed by atoms with Gasteiger partial charge in [-0.1, -0.05) is 12.1 Å². The van der Waals surface area contributed by atoms with Crippen LogP contribution in [-0.2, 0) is 32.2 Å². The van der Waals surface area contributed by atoms with Gasteiger partial charge >= 0.3 is 11.9 Å². The first kappa shape index (κ1) is 49.5. The van der Waals surface area contributed by atoms with Crippen LogP contribution >= 0.6 is 0 Å².